The molecule has 0 aromatic heterocycles. The molecule has 0 heterocycles. The zero-order valence-corrected chi connectivity index (χ0v) is 9.07. The van der Waals surface area contributed by atoms with Crippen LogP contribution in [-0.2, 0) is 4.79 Å². The number of benzene rings is 1. The zero-order valence-electron chi connectivity index (χ0n) is 9.07. The number of nitrogens with one attached hydrogen (secondary N) is 1. The average Bonchev–Trinajstić information content (AvgIpc) is 2.28. The van der Waals surface area contributed by atoms with E-state index in [9.17, 15) is 14.0 Å². The van der Waals surface area contributed by atoms with Gasteiger partial charge in [0.1, 0.15) is 5.82 Å². The molecule has 1 aromatic carbocycles. The molecule has 17 heavy (non-hydrogen) atoms. The van der Waals surface area contributed by atoms with Gasteiger partial charge in [-0.3, -0.25) is 4.79 Å². The monoisotopic (exact) mass is 237 g/mol. The van der Waals surface area contributed by atoms with Crippen LogP contribution in [0.25, 0.3) is 0 Å². The number of anilines is 1. The van der Waals surface area contributed by atoms with E-state index in [4.69, 9.17) is 5.11 Å². The van der Waals surface area contributed by atoms with E-state index >= 15 is 0 Å². The molecule has 1 amide bonds. The van der Waals surface area contributed by atoms with E-state index in [1.165, 1.54) is 6.07 Å². The summed E-state index contributed by atoms with van der Waals surface area (Å²) in [4.78, 5) is 22.2. The lowest BCUT2D eigenvalue weighted by Crippen LogP contribution is -2.14. The summed E-state index contributed by atoms with van der Waals surface area (Å²) in [5.74, 6) is -2.28. The van der Waals surface area contributed by atoms with Crippen LogP contribution in [0.1, 0.15) is 23.2 Å². The number of allylic oxidation sites excluding steroid dienone is 1. The number of carboxylic acids is 1. The predicted molar refractivity (Wildman–Crippen MR) is 61.4 cm³/mol. The van der Waals surface area contributed by atoms with Crippen molar-refractivity contribution < 1.29 is 19.1 Å². The first-order valence-corrected chi connectivity index (χ1v) is 4.98. The Morgan fingerprint density at radius 1 is 1.47 bits per heavy atom. The molecule has 0 saturated heterocycles. The van der Waals surface area contributed by atoms with Crippen molar-refractivity contribution in [1.82, 2.24) is 0 Å². The molecule has 5 heteroatoms. The van der Waals surface area contributed by atoms with Crippen LogP contribution in [0.15, 0.2) is 30.9 Å². The Morgan fingerprint density at radius 3 is 2.76 bits per heavy atom. The third-order valence-electron chi connectivity index (χ3n) is 2.06. The summed E-state index contributed by atoms with van der Waals surface area (Å²) in [5.41, 5.74) is -0.176. The third kappa shape index (κ3) is 3.71. The molecule has 2 N–H and O–H groups in total. The van der Waals surface area contributed by atoms with Crippen LogP contribution in [-0.4, -0.2) is 17.0 Å². The Bertz CT molecular complexity index is 457. The highest BCUT2D eigenvalue weighted by Crippen LogP contribution is 2.17. The van der Waals surface area contributed by atoms with Crippen molar-refractivity contribution in [2.24, 2.45) is 0 Å². The van der Waals surface area contributed by atoms with Crippen molar-refractivity contribution >= 4 is 17.6 Å². The van der Waals surface area contributed by atoms with Gasteiger partial charge in [-0.1, -0.05) is 6.08 Å². The largest absolute Gasteiger partial charge is 0.478 e. The summed E-state index contributed by atoms with van der Waals surface area (Å²) in [5, 5.41) is 11.3. The molecule has 4 nitrogen and oxygen atoms in total. The van der Waals surface area contributed by atoms with Gasteiger partial charge in [-0.15, -0.1) is 6.58 Å². The van der Waals surface area contributed by atoms with Gasteiger partial charge >= 0.3 is 5.97 Å². The molecule has 0 fully saturated rings. The highest BCUT2D eigenvalue weighted by atomic mass is 19.1. The minimum atomic E-state index is -1.29. The molecule has 0 aliphatic heterocycles. The van der Waals surface area contributed by atoms with E-state index in [0.29, 0.717) is 6.42 Å². The Morgan fingerprint density at radius 2 is 2.18 bits per heavy atom. The highest BCUT2D eigenvalue weighted by Gasteiger charge is 2.13. The fraction of sp³-hybridized carbons (Fsp3) is 0.167. The number of hydrogen-bond acceptors (Lipinski definition) is 2. The summed E-state index contributed by atoms with van der Waals surface area (Å²) in [6.07, 6.45) is 2.29. The van der Waals surface area contributed by atoms with Crippen LogP contribution in [0.5, 0.6) is 0 Å². The summed E-state index contributed by atoms with van der Waals surface area (Å²) in [6.45, 7) is 3.47. The second-order valence-electron chi connectivity index (χ2n) is 3.37. The van der Waals surface area contributed by atoms with Crippen LogP contribution in [0.2, 0.25) is 0 Å². The standard InChI is InChI=1S/C12H12FNO3/c1-2-3-4-11(15)14-10-6-5-8(13)7-9(10)12(16)17/h2,5-7H,1,3-4H2,(H,14,15)(H,16,17). The van der Waals surface area contributed by atoms with Crippen molar-refractivity contribution in [2.75, 3.05) is 5.32 Å². The summed E-state index contributed by atoms with van der Waals surface area (Å²) in [6, 6.07) is 3.19. The maximum absolute atomic E-state index is 12.9. The van der Waals surface area contributed by atoms with Gasteiger partial charge in [0.15, 0.2) is 0 Å². The van der Waals surface area contributed by atoms with E-state index in [-0.39, 0.29) is 23.6 Å². The molecule has 0 radical (unpaired) electrons. The predicted octanol–water partition coefficient (Wildman–Crippen LogP) is 2.43. The molecule has 0 aliphatic carbocycles. The number of carbonyl (C=O) groups excluding carboxylic acids is 1. The second-order valence-corrected chi connectivity index (χ2v) is 3.37. The third-order valence-corrected chi connectivity index (χ3v) is 2.06. The lowest BCUT2D eigenvalue weighted by Gasteiger charge is -2.07. The molecule has 1 rings (SSSR count). The number of amides is 1. The van der Waals surface area contributed by atoms with Gasteiger partial charge in [0.25, 0.3) is 0 Å². The molecule has 0 unspecified atom stereocenters. The molecule has 0 atom stereocenters. The quantitative estimate of drug-likeness (QED) is 0.773. The topological polar surface area (TPSA) is 66.4 Å². The highest BCUT2D eigenvalue weighted by molar-refractivity contribution is 6.00. The van der Waals surface area contributed by atoms with Crippen molar-refractivity contribution in [3.05, 3.63) is 42.2 Å². The van der Waals surface area contributed by atoms with E-state index in [0.717, 1.165) is 12.1 Å². The van der Waals surface area contributed by atoms with Crippen LogP contribution in [0.3, 0.4) is 0 Å². The van der Waals surface area contributed by atoms with Gasteiger partial charge in [0.05, 0.1) is 11.3 Å². The fourth-order valence-electron chi connectivity index (χ4n) is 1.25. The number of hydrogen-bond donors (Lipinski definition) is 2. The zero-order chi connectivity index (χ0) is 12.8. The van der Waals surface area contributed by atoms with Gasteiger partial charge in [-0.25, -0.2) is 9.18 Å². The summed E-state index contributed by atoms with van der Waals surface area (Å²) in [7, 11) is 0. The Hall–Kier alpha value is -2.17. The van der Waals surface area contributed by atoms with E-state index in [2.05, 4.69) is 11.9 Å². The summed E-state index contributed by atoms with van der Waals surface area (Å²) >= 11 is 0. The lowest BCUT2D eigenvalue weighted by atomic mass is 10.1. The first kappa shape index (κ1) is 12.9. The minimum Gasteiger partial charge on any atom is -0.478 e. The normalized spacial score (nSPS) is 9.71. The molecule has 1 aromatic rings. The molecular formula is C12H12FNO3. The lowest BCUT2D eigenvalue weighted by molar-refractivity contribution is -0.116. The van der Waals surface area contributed by atoms with Gasteiger partial charge in [0.2, 0.25) is 5.91 Å². The van der Waals surface area contributed by atoms with Crippen LogP contribution in [0.4, 0.5) is 10.1 Å². The van der Waals surface area contributed by atoms with E-state index < -0.39 is 11.8 Å². The summed E-state index contributed by atoms with van der Waals surface area (Å²) < 4.78 is 12.9. The maximum Gasteiger partial charge on any atom is 0.337 e. The van der Waals surface area contributed by atoms with Crippen molar-refractivity contribution in [3.8, 4) is 0 Å². The van der Waals surface area contributed by atoms with Gasteiger partial charge < -0.3 is 10.4 Å². The number of rotatable bonds is 5. The molecule has 0 bridgehead atoms. The smallest absolute Gasteiger partial charge is 0.337 e. The number of carboxylic acid groups (broad SMARTS) is 1. The van der Waals surface area contributed by atoms with Crippen LogP contribution < -0.4 is 5.32 Å². The average molecular weight is 237 g/mol. The Labute approximate surface area is 97.8 Å². The molecular weight excluding hydrogens is 225 g/mol. The number of carbonyl (C=O) groups is 2. The van der Waals surface area contributed by atoms with Crippen molar-refractivity contribution in [2.45, 2.75) is 12.8 Å². The fourth-order valence-corrected chi connectivity index (χ4v) is 1.25. The molecule has 0 aliphatic rings. The molecule has 0 saturated carbocycles. The number of aromatic carboxylic acids is 1. The van der Waals surface area contributed by atoms with Gasteiger partial charge in [-0.2, -0.15) is 0 Å². The first-order valence-electron chi connectivity index (χ1n) is 4.98. The second kappa shape index (κ2) is 5.79. The van der Waals surface area contributed by atoms with Gasteiger partial charge in [0, 0.05) is 6.42 Å². The minimum absolute atomic E-state index is 0.0907. The Balaban J connectivity index is 2.86. The van der Waals surface area contributed by atoms with Crippen LogP contribution in [0, 0.1) is 5.82 Å². The SMILES string of the molecule is C=CCCC(=O)Nc1ccc(F)cc1C(=O)O. The van der Waals surface area contributed by atoms with Crippen LogP contribution >= 0.6 is 0 Å². The maximum atomic E-state index is 12.9. The Kier molecular flexibility index (Phi) is 4.39. The van der Waals surface area contributed by atoms with Crippen molar-refractivity contribution in [3.63, 3.8) is 0 Å². The number of halogens is 1. The van der Waals surface area contributed by atoms with E-state index in [1.54, 1.807) is 6.08 Å². The molecule has 0 spiro atoms. The van der Waals surface area contributed by atoms with Gasteiger partial charge in [-0.05, 0) is 24.6 Å². The first-order chi connectivity index (χ1) is 8.04. The molecule has 90 valence electrons. The van der Waals surface area contributed by atoms with Crippen molar-refractivity contribution in [1.29, 1.82) is 0 Å². The van der Waals surface area contributed by atoms with E-state index in [1.807, 2.05) is 0 Å².